The topological polar surface area (TPSA) is 17.1 Å². The molecule has 0 aliphatic carbocycles. The monoisotopic (exact) mass is 334 g/mol. The quantitative estimate of drug-likeness (QED) is 0.359. The molecule has 0 heterocycles. The SMILES string of the molecule is O=C(c1c2ccccc2cc2ccccc12)C(F)(F)Br. The van der Waals surface area contributed by atoms with Crippen LogP contribution in [0.25, 0.3) is 21.5 Å². The van der Waals surface area contributed by atoms with E-state index in [1.807, 2.05) is 30.3 Å². The van der Waals surface area contributed by atoms with Crippen LogP contribution in [0.5, 0.6) is 0 Å². The maximum Gasteiger partial charge on any atom is 0.363 e. The Morgan fingerprint density at radius 1 is 0.900 bits per heavy atom. The van der Waals surface area contributed by atoms with Crippen molar-refractivity contribution in [3.8, 4) is 0 Å². The van der Waals surface area contributed by atoms with Gasteiger partial charge in [-0.3, -0.25) is 4.79 Å². The number of fused-ring (bicyclic) bond motifs is 2. The lowest BCUT2D eigenvalue weighted by Crippen LogP contribution is -2.21. The van der Waals surface area contributed by atoms with Gasteiger partial charge in [0.1, 0.15) is 0 Å². The van der Waals surface area contributed by atoms with Gasteiger partial charge in [0.2, 0.25) is 5.78 Å². The fourth-order valence-corrected chi connectivity index (χ4v) is 2.60. The summed E-state index contributed by atoms with van der Waals surface area (Å²) >= 11 is 2.17. The molecule has 0 saturated carbocycles. The molecular weight excluding hydrogens is 326 g/mol. The van der Waals surface area contributed by atoms with Crippen LogP contribution in [0.1, 0.15) is 10.4 Å². The summed E-state index contributed by atoms with van der Waals surface area (Å²) in [5, 5.41) is 2.61. The van der Waals surface area contributed by atoms with Crippen LogP contribution in [0.4, 0.5) is 8.78 Å². The van der Waals surface area contributed by atoms with Gasteiger partial charge in [-0.25, -0.2) is 0 Å². The van der Waals surface area contributed by atoms with Gasteiger partial charge in [-0.1, -0.05) is 48.5 Å². The van der Waals surface area contributed by atoms with Crippen molar-refractivity contribution in [2.24, 2.45) is 0 Å². The van der Waals surface area contributed by atoms with Crippen LogP contribution in [-0.4, -0.2) is 10.6 Å². The second-order valence-corrected chi connectivity index (χ2v) is 5.52. The number of Topliss-reactive ketones (excluding diaryl/α,β-unsaturated/α-hetero) is 1. The summed E-state index contributed by atoms with van der Waals surface area (Å²) in [5.74, 6) is -1.22. The Labute approximate surface area is 122 Å². The highest BCUT2D eigenvalue weighted by atomic mass is 79.9. The predicted octanol–water partition coefficient (Wildman–Crippen LogP) is 5.16. The van der Waals surface area contributed by atoms with Crippen molar-refractivity contribution in [1.82, 2.24) is 0 Å². The molecule has 0 spiro atoms. The second-order valence-electron chi connectivity index (χ2n) is 4.52. The van der Waals surface area contributed by atoms with Crippen molar-refractivity contribution in [3.05, 3.63) is 60.2 Å². The van der Waals surface area contributed by atoms with E-state index in [1.165, 1.54) is 0 Å². The number of benzene rings is 3. The zero-order chi connectivity index (χ0) is 14.3. The molecule has 0 unspecified atom stereocenters. The molecule has 4 heteroatoms. The molecule has 3 aromatic rings. The van der Waals surface area contributed by atoms with Gasteiger partial charge in [0.25, 0.3) is 0 Å². The first-order chi connectivity index (χ1) is 9.48. The standard InChI is InChI=1S/C16H9BrF2O/c17-16(18,19)15(20)14-12-7-3-1-5-10(12)9-11-6-2-4-8-13(11)14/h1-9H. The molecule has 0 N–H and O–H groups in total. The van der Waals surface area contributed by atoms with Crippen LogP contribution < -0.4 is 0 Å². The lowest BCUT2D eigenvalue weighted by atomic mass is 9.94. The average molecular weight is 335 g/mol. The van der Waals surface area contributed by atoms with Gasteiger partial charge >= 0.3 is 4.83 Å². The average Bonchev–Trinajstić information content (AvgIpc) is 2.43. The van der Waals surface area contributed by atoms with Gasteiger partial charge in [-0.05, 0) is 43.5 Å². The highest BCUT2D eigenvalue weighted by Crippen LogP contribution is 2.35. The lowest BCUT2D eigenvalue weighted by Gasteiger charge is -2.13. The van der Waals surface area contributed by atoms with Crippen LogP contribution in [0.2, 0.25) is 0 Å². The number of ketones is 1. The zero-order valence-electron chi connectivity index (χ0n) is 10.2. The second kappa shape index (κ2) is 4.63. The molecule has 0 aliphatic rings. The lowest BCUT2D eigenvalue weighted by molar-refractivity contribution is 0.0596. The maximum absolute atomic E-state index is 13.4. The van der Waals surface area contributed by atoms with Crippen molar-refractivity contribution in [1.29, 1.82) is 0 Å². The van der Waals surface area contributed by atoms with Gasteiger partial charge in [-0.15, -0.1) is 0 Å². The largest absolute Gasteiger partial charge is 0.363 e. The summed E-state index contributed by atoms with van der Waals surface area (Å²) in [6, 6.07) is 16.0. The number of hydrogen-bond acceptors (Lipinski definition) is 1. The van der Waals surface area contributed by atoms with Crippen LogP contribution in [0, 0.1) is 0 Å². The number of hydrogen-bond donors (Lipinski definition) is 0. The molecule has 0 aromatic heterocycles. The zero-order valence-corrected chi connectivity index (χ0v) is 11.8. The van der Waals surface area contributed by atoms with Gasteiger partial charge in [0.05, 0.1) is 0 Å². The van der Waals surface area contributed by atoms with E-state index in [0.717, 1.165) is 10.8 Å². The summed E-state index contributed by atoms with van der Waals surface area (Å²) in [6.45, 7) is 0. The van der Waals surface area contributed by atoms with Crippen molar-refractivity contribution in [2.75, 3.05) is 0 Å². The van der Waals surface area contributed by atoms with E-state index in [9.17, 15) is 13.6 Å². The number of carbonyl (C=O) groups is 1. The van der Waals surface area contributed by atoms with E-state index < -0.39 is 10.6 Å². The normalized spacial score (nSPS) is 11.9. The van der Waals surface area contributed by atoms with E-state index in [1.54, 1.807) is 24.3 Å². The molecule has 3 rings (SSSR count). The van der Waals surface area contributed by atoms with Gasteiger partial charge in [0, 0.05) is 5.56 Å². The summed E-state index contributed by atoms with van der Waals surface area (Å²) in [7, 11) is 0. The Hall–Kier alpha value is -1.81. The van der Waals surface area contributed by atoms with Gasteiger partial charge in [-0.2, -0.15) is 8.78 Å². The Morgan fingerprint density at radius 2 is 1.35 bits per heavy atom. The Morgan fingerprint density at radius 3 is 1.80 bits per heavy atom. The molecule has 100 valence electrons. The first-order valence-electron chi connectivity index (χ1n) is 6.00. The smallest absolute Gasteiger partial charge is 0.286 e. The molecule has 3 aromatic carbocycles. The summed E-state index contributed by atoms with van der Waals surface area (Å²) in [5.41, 5.74) is 0.0561. The maximum atomic E-state index is 13.4. The molecule has 0 fully saturated rings. The molecule has 20 heavy (non-hydrogen) atoms. The van der Waals surface area contributed by atoms with Crippen LogP contribution in [0.15, 0.2) is 54.6 Å². The predicted molar refractivity (Wildman–Crippen MR) is 79.7 cm³/mol. The van der Waals surface area contributed by atoms with Crippen LogP contribution in [0.3, 0.4) is 0 Å². The number of carbonyl (C=O) groups excluding carboxylic acids is 1. The van der Waals surface area contributed by atoms with Gasteiger partial charge in [0.15, 0.2) is 0 Å². The third-order valence-corrected chi connectivity index (χ3v) is 3.62. The summed E-state index contributed by atoms with van der Waals surface area (Å²) in [4.78, 5) is 8.53. The van der Waals surface area contributed by atoms with E-state index in [-0.39, 0.29) is 5.56 Å². The highest BCUT2D eigenvalue weighted by Gasteiger charge is 2.37. The van der Waals surface area contributed by atoms with Crippen LogP contribution in [-0.2, 0) is 0 Å². The van der Waals surface area contributed by atoms with Crippen molar-refractivity contribution >= 4 is 43.3 Å². The first-order valence-corrected chi connectivity index (χ1v) is 6.80. The Balaban J connectivity index is 2.49. The first kappa shape index (κ1) is 13.2. The highest BCUT2D eigenvalue weighted by molar-refractivity contribution is 9.10. The van der Waals surface area contributed by atoms with Crippen LogP contribution >= 0.6 is 15.9 Å². The van der Waals surface area contributed by atoms with Crippen molar-refractivity contribution < 1.29 is 13.6 Å². The fraction of sp³-hybridized carbons (Fsp3) is 0.0625. The molecule has 0 radical (unpaired) electrons. The number of halogens is 3. The number of rotatable bonds is 2. The summed E-state index contributed by atoms with van der Waals surface area (Å²) < 4.78 is 26.8. The Bertz CT molecular complexity index is 767. The fourth-order valence-electron chi connectivity index (χ4n) is 2.40. The van der Waals surface area contributed by atoms with E-state index in [4.69, 9.17) is 0 Å². The third-order valence-electron chi connectivity index (χ3n) is 3.26. The molecule has 0 amide bonds. The minimum atomic E-state index is -3.57. The molecule has 0 bridgehead atoms. The minimum Gasteiger partial charge on any atom is -0.286 e. The third kappa shape index (κ3) is 2.10. The van der Waals surface area contributed by atoms with Gasteiger partial charge < -0.3 is 0 Å². The van der Waals surface area contributed by atoms with Crippen molar-refractivity contribution in [2.45, 2.75) is 4.83 Å². The Kier molecular flexibility index (Phi) is 3.05. The summed E-state index contributed by atoms with van der Waals surface area (Å²) in [6.07, 6.45) is 0. The van der Waals surface area contributed by atoms with E-state index in [2.05, 4.69) is 15.9 Å². The molecule has 0 atom stereocenters. The number of alkyl halides is 3. The van der Waals surface area contributed by atoms with Crippen molar-refractivity contribution in [3.63, 3.8) is 0 Å². The molecule has 0 saturated heterocycles. The molecule has 0 aliphatic heterocycles. The van der Waals surface area contributed by atoms with E-state index >= 15 is 0 Å². The minimum absolute atomic E-state index is 0.0561. The molecular formula is C16H9BrF2O. The molecule has 1 nitrogen and oxygen atoms in total. The van der Waals surface area contributed by atoms with E-state index in [0.29, 0.717) is 10.8 Å².